The van der Waals surface area contributed by atoms with Crippen LogP contribution in [0, 0.1) is 0 Å². The summed E-state index contributed by atoms with van der Waals surface area (Å²) in [6.45, 7) is 2.19. The van der Waals surface area contributed by atoms with Crippen LogP contribution >= 0.6 is 11.6 Å². The number of ether oxygens (including phenoxy) is 1. The Bertz CT molecular complexity index is 991. The summed E-state index contributed by atoms with van der Waals surface area (Å²) in [6.07, 6.45) is 2.00. The smallest absolute Gasteiger partial charge is 0.338 e. The number of hydrogen-bond acceptors (Lipinski definition) is 4. The van der Waals surface area contributed by atoms with Gasteiger partial charge in [0.25, 0.3) is 5.91 Å². The van der Waals surface area contributed by atoms with Gasteiger partial charge in [0.15, 0.2) is 6.61 Å². The molecule has 1 saturated heterocycles. The summed E-state index contributed by atoms with van der Waals surface area (Å²) >= 11 is 6.22. The highest BCUT2D eigenvalue weighted by Crippen LogP contribution is 2.32. The van der Waals surface area contributed by atoms with Crippen LogP contribution in [0.1, 0.15) is 35.7 Å². The van der Waals surface area contributed by atoms with Crippen molar-refractivity contribution in [3.63, 3.8) is 0 Å². The van der Waals surface area contributed by atoms with Crippen molar-refractivity contribution < 1.29 is 19.1 Å². The van der Waals surface area contributed by atoms with Gasteiger partial charge in [-0.1, -0.05) is 29.8 Å². The van der Waals surface area contributed by atoms with Gasteiger partial charge in [0.2, 0.25) is 5.91 Å². The van der Waals surface area contributed by atoms with E-state index < -0.39 is 5.97 Å². The van der Waals surface area contributed by atoms with Crippen molar-refractivity contribution in [2.24, 2.45) is 0 Å². The molecule has 4 rings (SSSR count). The van der Waals surface area contributed by atoms with E-state index >= 15 is 0 Å². The minimum absolute atomic E-state index is 0.0157. The van der Waals surface area contributed by atoms with Crippen molar-refractivity contribution in [2.45, 2.75) is 32.2 Å². The molecule has 2 aromatic rings. The number of fused-ring (bicyclic) bond motifs is 1. The molecule has 2 heterocycles. The second-order valence-corrected chi connectivity index (χ2v) is 7.74. The third-order valence-electron chi connectivity index (χ3n) is 5.35. The lowest BCUT2D eigenvalue weighted by Gasteiger charge is -2.22. The molecule has 1 atom stereocenters. The number of hydrogen-bond donors (Lipinski definition) is 0. The Balaban J connectivity index is 1.45. The molecular formula is C22H21ClN2O4. The highest BCUT2D eigenvalue weighted by molar-refractivity contribution is 6.34. The van der Waals surface area contributed by atoms with Gasteiger partial charge in [-0.05, 0) is 49.6 Å². The van der Waals surface area contributed by atoms with Crippen LogP contribution in [0.25, 0.3) is 0 Å². The number of amides is 2. The molecule has 2 aliphatic rings. The van der Waals surface area contributed by atoms with Crippen molar-refractivity contribution in [1.82, 2.24) is 0 Å². The molecule has 0 N–H and O–H groups in total. The quantitative estimate of drug-likeness (QED) is 0.719. The zero-order valence-electron chi connectivity index (χ0n) is 16.1. The summed E-state index contributed by atoms with van der Waals surface area (Å²) in [4.78, 5) is 40.5. The fourth-order valence-corrected chi connectivity index (χ4v) is 4.19. The Morgan fingerprint density at radius 1 is 1.17 bits per heavy atom. The van der Waals surface area contributed by atoms with Gasteiger partial charge in [-0.15, -0.1) is 0 Å². The molecule has 0 bridgehead atoms. The average molecular weight is 413 g/mol. The van der Waals surface area contributed by atoms with Crippen LogP contribution in [0.4, 0.5) is 11.4 Å². The second-order valence-electron chi connectivity index (χ2n) is 7.34. The predicted molar refractivity (Wildman–Crippen MR) is 110 cm³/mol. The van der Waals surface area contributed by atoms with E-state index in [4.69, 9.17) is 16.3 Å². The Morgan fingerprint density at radius 2 is 1.97 bits per heavy atom. The molecule has 2 amide bonds. The molecule has 29 heavy (non-hydrogen) atoms. The monoisotopic (exact) mass is 412 g/mol. The van der Waals surface area contributed by atoms with E-state index in [0.717, 1.165) is 24.1 Å². The summed E-state index contributed by atoms with van der Waals surface area (Å²) in [5.41, 5.74) is 2.73. The van der Waals surface area contributed by atoms with E-state index in [1.807, 2.05) is 31.2 Å². The van der Waals surface area contributed by atoms with Gasteiger partial charge in [0.1, 0.15) is 0 Å². The van der Waals surface area contributed by atoms with Crippen molar-refractivity contribution in [3.05, 3.63) is 58.6 Å². The van der Waals surface area contributed by atoms with Crippen LogP contribution < -0.4 is 9.80 Å². The fourth-order valence-electron chi connectivity index (χ4n) is 3.98. The maximum absolute atomic E-state index is 12.7. The Morgan fingerprint density at radius 3 is 2.72 bits per heavy atom. The molecule has 0 aromatic heterocycles. The fraction of sp³-hybridized carbons (Fsp3) is 0.318. The minimum Gasteiger partial charge on any atom is -0.452 e. The summed E-state index contributed by atoms with van der Waals surface area (Å²) in [6, 6.07) is 12.4. The SMILES string of the molecule is C[C@H]1Cc2ccccc2N1C(=O)COC(=O)c1ccc(Cl)c(N2CCCC2=O)c1. The van der Waals surface area contributed by atoms with Crippen LogP contribution in [-0.4, -0.2) is 37.0 Å². The first-order chi connectivity index (χ1) is 14.0. The number of nitrogens with zero attached hydrogens (tertiary/aromatic N) is 2. The lowest BCUT2D eigenvalue weighted by Crippen LogP contribution is -2.38. The topological polar surface area (TPSA) is 66.9 Å². The molecule has 0 spiro atoms. The summed E-state index contributed by atoms with van der Waals surface area (Å²) < 4.78 is 5.27. The standard InChI is InChI=1S/C22H21ClN2O4/c1-14-11-15-5-2-3-6-18(15)25(14)21(27)13-29-22(28)16-8-9-17(23)19(12-16)24-10-4-7-20(24)26/h2-3,5-6,8-9,12,14H,4,7,10-11,13H2,1H3/t14-/m0/s1. The first-order valence-corrected chi connectivity index (χ1v) is 10.0. The van der Waals surface area contributed by atoms with E-state index in [1.165, 1.54) is 6.07 Å². The zero-order chi connectivity index (χ0) is 20.5. The predicted octanol–water partition coefficient (Wildman–Crippen LogP) is 3.60. The number of carbonyl (C=O) groups is 3. The first-order valence-electron chi connectivity index (χ1n) is 9.62. The molecule has 2 aromatic carbocycles. The molecule has 0 saturated carbocycles. The molecule has 150 valence electrons. The minimum atomic E-state index is -0.622. The van der Waals surface area contributed by atoms with Crippen LogP contribution in [0.3, 0.4) is 0 Å². The Kier molecular flexibility index (Phi) is 5.28. The lowest BCUT2D eigenvalue weighted by molar-refractivity contribution is -0.122. The van der Waals surface area contributed by atoms with Crippen molar-refractivity contribution in [3.8, 4) is 0 Å². The number of benzene rings is 2. The average Bonchev–Trinajstić information content (AvgIpc) is 3.28. The van der Waals surface area contributed by atoms with Crippen LogP contribution in [0.2, 0.25) is 5.02 Å². The number of rotatable bonds is 4. The Labute approximate surface area is 174 Å². The molecule has 7 heteroatoms. The number of halogens is 1. The molecule has 2 aliphatic heterocycles. The van der Waals surface area contributed by atoms with Crippen LogP contribution in [0.5, 0.6) is 0 Å². The van der Waals surface area contributed by atoms with E-state index in [9.17, 15) is 14.4 Å². The van der Waals surface area contributed by atoms with Gasteiger partial charge in [0.05, 0.1) is 16.3 Å². The lowest BCUT2D eigenvalue weighted by atomic mass is 10.1. The van der Waals surface area contributed by atoms with Crippen molar-refractivity contribution in [1.29, 1.82) is 0 Å². The molecule has 6 nitrogen and oxygen atoms in total. The normalized spacial score (nSPS) is 18.1. The molecule has 0 radical (unpaired) electrons. The zero-order valence-corrected chi connectivity index (χ0v) is 16.8. The van der Waals surface area contributed by atoms with Gasteiger partial charge in [0, 0.05) is 24.7 Å². The largest absolute Gasteiger partial charge is 0.452 e. The molecule has 0 unspecified atom stereocenters. The maximum atomic E-state index is 12.7. The van der Waals surface area contributed by atoms with Gasteiger partial charge >= 0.3 is 5.97 Å². The van der Waals surface area contributed by atoms with Crippen molar-refractivity contribution >= 4 is 40.8 Å². The second kappa shape index (κ2) is 7.87. The summed E-state index contributed by atoms with van der Waals surface area (Å²) in [5, 5.41) is 0.398. The van der Waals surface area contributed by atoms with E-state index in [0.29, 0.717) is 23.7 Å². The highest BCUT2D eigenvalue weighted by atomic mass is 35.5. The van der Waals surface area contributed by atoms with Gasteiger partial charge in [-0.3, -0.25) is 9.59 Å². The summed E-state index contributed by atoms with van der Waals surface area (Å²) in [5.74, 6) is -0.906. The van der Waals surface area contributed by atoms with Crippen molar-refractivity contribution in [2.75, 3.05) is 23.0 Å². The Hall–Kier alpha value is -2.86. The molecular weight excluding hydrogens is 392 g/mol. The van der Waals surface area contributed by atoms with E-state index in [-0.39, 0.29) is 30.0 Å². The third kappa shape index (κ3) is 3.72. The van der Waals surface area contributed by atoms with E-state index in [1.54, 1.807) is 21.9 Å². The van der Waals surface area contributed by atoms with Crippen LogP contribution in [-0.2, 0) is 20.7 Å². The number of anilines is 2. The third-order valence-corrected chi connectivity index (χ3v) is 5.67. The first kappa shape index (κ1) is 19.5. The maximum Gasteiger partial charge on any atom is 0.338 e. The molecule has 0 aliphatic carbocycles. The number of carbonyl (C=O) groups excluding carboxylic acids is 3. The number of para-hydroxylation sites is 1. The molecule has 1 fully saturated rings. The van der Waals surface area contributed by atoms with E-state index in [2.05, 4.69) is 0 Å². The highest BCUT2D eigenvalue weighted by Gasteiger charge is 2.31. The number of esters is 1. The van der Waals surface area contributed by atoms with Crippen LogP contribution in [0.15, 0.2) is 42.5 Å². The van der Waals surface area contributed by atoms with Gasteiger partial charge in [-0.25, -0.2) is 4.79 Å². The van der Waals surface area contributed by atoms with Gasteiger partial charge < -0.3 is 14.5 Å². The van der Waals surface area contributed by atoms with Gasteiger partial charge in [-0.2, -0.15) is 0 Å². The summed E-state index contributed by atoms with van der Waals surface area (Å²) in [7, 11) is 0.